The molecule has 0 radical (unpaired) electrons. The molecule has 1 aromatic carbocycles. The van der Waals surface area contributed by atoms with E-state index in [0.29, 0.717) is 24.6 Å². The van der Waals surface area contributed by atoms with Gasteiger partial charge in [-0.05, 0) is 23.8 Å². The summed E-state index contributed by atoms with van der Waals surface area (Å²) in [4.78, 5) is 15.0. The largest absolute Gasteiger partial charge is 0.379 e. The first-order valence-corrected chi connectivity index (χ1v) is 11.4. The molecule has 0 spiro atoms. The highest BCUT2D eigenvalue weighted by Crippen LogP contribution is 2.25. The Morgan fingerprint density at radius 2 is 1.94 bits per heavy atom. The number of carbonyl (C=O) groups excluding carboxylic acids is 1. The van der Waals surface area contributed by atoms with Crippen LogP contribution in [0.15, 0.2) is 54.9 Å². The van der Waals surface area contributed by atoms with Crippen LogP contribution < -0.4 is 10.6 Å². The van der Waals surface area contributed by atoms with E-state index in [-0.39, 0.29) is 5.91 Å². The monoisotopic (exact) mass is 460 g/mol. The van der Waals surface area contributed by atoms with Crippen molar-refractivity contribution in [2.24, 2.45) is 7.05 Å². The van der Waals surface area contributed by atoms with E-state index in [1.807, 2.05) is 60.3 Å². The molecule has 1 aliphatic heterocycles. The normalized spacial score (nSPS) is 14.4. The number of nitrogens with one attached hydrogen (secondary N) is 2. The molecule has 0 aliphatic carbocycles. The summed E-state index contributed by atoms with van der Waals surface area (Å²) in [5, 5.41) is 20.1. The summed E-state index contributed by atoms with van der Waals surface area (Å²) in [6.45, 7) is 4.83. The van der Waals surface area contributed by atoms with E-state index in [4.69, 9.17) is 4.74 Å². The number of rotatable bonds is 8. The molecule has 10 heteroatoms. The van der Waals surface area contributed by atoms with Gasteiger partial charge in [-0.15, -0.1) is 10.2 Å². The molecule has 1 aliphatic rings. The summed E-state index contributed by atoms with van der Waals surface area (Å²) >= 11 is 0. The lowest BCUT2D eigenvalue weighted by Gasteiger charge is -2.26. The van der Waals surface area contributed by atoms with Gasteiger partial charge in [-0.25, -0.2) is 0 Å². The zero-order valence-electron chi connectivity index (χ0n) is 19.1. The zero-order chi connectivity index (χ0) is 23.3. The van der Waals surface area contributed by atoms with Crippen molar-refractivity contribution in [3.63, 3.8) is 0 Å². The maximum absolute atomic E-state index is 12.7. The van der Waals surface area contributed by atoms with Crippen LogP contribution in [0.4, 0.5) is 11.6 Å². The molecule has 4 heterocycles. The number of anilines is 2. The minimum absolute atomic E-state index is 0.0120. The molecule has 1 saturated heterocycles. The highest BCUT2D eigenvalue weighted by molar-refractivity contribution is 5.90. The number of fused-ring (bicyclic) bond motifs is 1. The third-order valence-electron chi connectivity index (χ3n) is 5.97. The van der Waals surface area contributed by atoms with E-state index in [1.54, 1.807) is 10.9 Å². The van der Waals surface area contributed by atoms with Crippen molar-refractivity contribution in [1.82, 2.24) is 34.8 Å². The molecule has 0 saturated carbocycles. The fourth-order valence-corrected chi connectivity index (χ4v) is 4.14. The van der Waals surface area contributed by atoms with E-state index in [1.165, 1.54) is 0 Å². The third kappa shape index (κ3) is 4.92. The first-order valence-electron chi connectivity index (χ1n) is 11.4. The van der Waals surface area contributed by atoms with Crippen LogP contribution in [0.25, 0.3) is 16.7 Å². The van der Waals surface area contributed by atoms with Crippen molar-refractivity contribution < 1.29 is 9.53 Å². The Morgan fingerprint density at radius 3 is 2.71 bits per heavy atom. The Morgan fingerprint density at radius 1 is 1.09 bits per heavy atom. The van der Waals surface area contributed by atoms with Crippen molar-refractivity contribution in [1.29, 1.82) is 0 Å². The van der Waals surface area contributed by atoms with Crippen molar-refractivity contribution in [3.05, 3.63) is 60.4 Å². The molecular formula is C24H28N8O2. The molecule has 5 rings (SSSR count). The predicted octanol–water partition coefficient (Wildman–Crippen LogP) is 1.89. The van der Waals surface area contributed by atoms with Gasteiger partial charge < -0.3 is 15.4 Å². The number of carbonyl (C=O) groups is 1. The maximum atomic E-state index is 12.7. The second kappa shape index (κ2) is 10.0. The van der Waals surface area contributed by atoms with Gasteiger partial charge in [0.2, 0.25) is 5.91 Å². The van der Waals surface area contributed by atoms with Crippen LogP contribution in [0, 0.1) is 0 Å². The Bertz CT molecular complexity index is 1260. The maximum Gasteiger partial charge on any atom is 0.224 e. The van der Waals surface area contributed by atoms with Gasteiger partial charge in [-0.3, -0.25) is 18.9 Å². The third-order valence-corrected chi connectivity index (χ3v) is 5.97. The minimum atomic E-state index is 0.0120. The fourth-order valence-electron chi connectivity index (χ4n) is 4.14. The second-order valence-electron chi connectivity index (χ2n) is 8.26. The molecule has 3 aromatic heterocycles. The van der Waals surface area contributed by atoms with E-state index < -0.39 is 0 Å². The Balaban J connectivity index is 1.28. The molecule has 4 aromatic rings. The van der Waals surface area contributed by atoms with Crippen LogP contribution in [0.2, 0.25) is 0 Å². The summed E-state index contributed by atoms with van der Waals surface area (Å²) < 4.78 is 9.08. The highest BCUT2D eigenvalue weighted by atomic mass is 16.5. The molecule has 2 N–H and O–H groups in total. The number of hydrogen-bond acceptors (Lipinski definition) is 7. The average molecular weight is 461 g/mol. The molecule has 0 atom stereocenters. The first-order chi connectivity index (χ1) is 16.7. The summed E-state index contributed by atoms with van der Waals surface area (Å²) in [6.07, 6.45) is 4.00. The van der Waals surface area contributed by atoms with Gasteiger partial charge in [0.05, 0.1) is 31.3 Å². The van der Waals surface area contributed by atoms with E-state index in [9.17, 15) is 4.79 Å². The van der Waals surface area contributed by atoms with Gasteiger partial charge in [0.15, 0.2) is 11.6 Å². The molecule has 34 heavy (non-hydrogen) atoms. The van der Waals surface area contributed by atoms with E-state index in [2.05, 4.69) is 30.8 Å². The first kappa shape index (κ1) is 22.1. The summed E-state index contributed by atoms with van der Waals surface area (Å²) in [7, 11) is 1.86. The van der Waals surface area contributed by atoms with Gasteiger partial charge in [0, 0.05) is 50.9 Å². The van der Waals surface area contributed by atoms with Crippen LogP contribution in [-0.4, -0.2) is 74.7 Å². The van der Waals surface area contributed by atoms with Gasteiger partial charge >= 0.3 is 0 Å². The Labute approximate surface area is 197 Å². The summed E-state index contributed by atoms with van der Waals surface area (Å²) in [5.74, 6) is 2.16. The number of hydrogen-bond donors (Lipinski definition) is 2. The Hall–Kier alpha value is -3.76. The standard InChI is InChI=1S/C24H28N8O2/c1-30-22(8-9-26-30)27-21-6-7-23(29-28-21)32-17-18(19-4-2-3-5-20(19)32)16-24(33)25-10-11-31-12-14-34-15-13-31/h2-9,17H,10-16H2,1H3,(H,25,33)(H,27,28). The van der Waals surface area contributed by atoms with Crippen LogP contribution in [-0.2, 0) is 23.0 Å². The summed E-state index contributed by atoms with van der Waals surface area (Å²) in [5.41, 5.74) is 1.94. The fraction of sp³-hybridized carbons (Fsp3) is 0.333. The lowest BCUT2D eigenvalue weighted by atomic mass is 10.1. The molecular weight excluding hydrogens is 432 g/mol. The predicted molar refractivity (Wildman–Crippen MR) is 129 cm³/mol. The van der Waals surface area contributed by atoms with E-state index >= 15 is 0 Å². The lowest BCUT2D eigenvalue weighted by Crippen LogP contribution is -2.41. The van der Waals surface area contributed by atoms with Crippen molar-refractivity contribution in [2.45, 2.75) is 6.42 Å². The van der Waals surface area contributed by atoms with Gasteiger partial charge in [-0.2, -0.15) is 5.10 Å². The smallest absolute Gasteiger partial charge is 0.224 e. The number of para-hydroxylation sites is 1. The van der Waals surface area contributed by atoms with Crippen molar-refractivity contribution in [2.75, 3.05) is 44.7 Å². The second-order valence-corrected chi connectivity index (χ2v) is 8.26. The van der Waals surface area contributed by atoms with Gasteiger partial charge in [0.1, 0.15) is 5.82 Å². The number of benzene rings is 1. The van der Waals surface area contributed by atoms with Gasteiger partial charge in [0.25, 0.3) is 0 Å². The zero-order valence-corrected chi connectivity index (χ0v) is 19.1. The number of amides is 1. The number of ether oxygens (including phenoxy) is 1. The van der Waals surface area contributed by atoms with E-state index in [0.717, 1.165) is 55.1 Å². The molecule has 0 bridgehead atoms. The van der Waals surface area contributed by atoms with Crippen LogP contribution in [0.5, 0.6) is 0 Å². The van der Waals surface area contributed by atoms with Crippen LogP contribution in [0.3, 0.4) is 0 Å². The lowest BCUT2D eigenvalue weighted by molar-refractivity contribution is -0.120. The number of nitrogens with zero attached hydrogens (tertiary/aromatic N) is 6. The number of aromatic nitrogens is 5. The quantitative estimate of drug-likeness (QED) is 0.414. The molecule has 1 fully saturated rings. The van der Waals surface area contributed by atoms with Gasteiger partial charge in [-0.1, -0.05) is 18.2 Å². The summed E-state index contributed by atoms with van der Waals surface area (Å²) in [6, 6.07) is 13.7. The molecule has 10 nitrogen and oxygen atoms in total. The molecule has 0 unspecified atom stereocenters. The van der Waals surface area contributed by atoms with Crippen molar-refractivity contribution >= 4 is 28.4 Å². The minimum Gasteiger partial charge on any atom is -0.379 e. The average Bonchev–Trinajstić information content (AvgIpc) is 3.44. The SMILES string of the molecule is Cn1nccc1Nc1ccc(-n2cc(CC(=O)NCCN3CCOCC3)c3ccccc32)nn1. The number of morpholine rings is 1. The molecule has 1 amide bonds. The van der Waals surface area contributed by atoms with Crippen LogP contribution >= 0.6 is 0 Å². The van der Waals surface area contributed by atoms with Crippen LogP contribution in [0.1, 0.15) is 5.56 Å². The number of aryl methyl sites for hydroxylation is 1. The Kier molecular flexibility index (Phi) is 6.50. The highest BCUT2D eigenvalue weighted by Gasteiger charge is 2.15. The van der Waals surface area contributed by atoms with Crippen molar-refractivity contribution in [3.8, 4) is 5.82 Å². The topological polar surface area (TPSA) is 102 Å². The molecule has 176 valence electrons.